The van der Waals surface area contributed by atoms with Crippen LogP contribution in [0.2, 0.25) is 0 Å². The molecule has 168 valence electrons. The molecule has 0 aliphatic heterocycles. The van der Waals surface area contributed by atoms with Gasteiger partial charge in [-0.15, -0.1) is 0 Å². The van der Waals surface area contributed by atoms with Crippen LogP contribution in [-0.4, -0.2) is 27.6 Å². The van der Waals surface area contributed by atoms with Crippen molar-refractivity contribution in [2.75, 3.05) is 0 Å². The highest BCUT2D eigenvalue weighted by Gasteiger charge is 2.57. The number of carbonyl (C=O) groups excluding carboxylic acids is 1. The minimum Gasteiger partial charge on any atom is -0.385 e. The van der Waals surface area contributed by atoms with Gasteiger partial charge in [-0.1, -0.05) is 40.2 Å². The van der Waals surface area contributed by atoms with E-state index in [1.54, 1.807) is 0 Å². The fourth-order valence-electron chi connectivity index (χ4n) is 7.23. The number of nitrogens with one attached hydrogen (secondary N) is 1. The molecule has 3 aliphatic rings. The van der Waals surface area contributed by atoms with E-state index in [4.69, 9.17) is 0 Å². The molecule has 0 heterocycles. The Bertz CT molecular complexity index is 962. The predicted molar refractivity (Wildman–Crippen MR) is 120 cm³/mol. The highest BCUT2D eigenvalue weighted by molar-refractivity contribution is 5.94. The zero-order chi connectivity index (χ0) is 22.8. The second-order valence-electron chi connectivity index (χ2n) is 12.1. The van der Waals surface area contributed by atoms with Crippen molar-refractivity contribution in [3.05, 3.63) is 51.1 Å². The van der Waals surface area contributed by atoms with Crippen molar-refractivity contribution in [1.29, 1.82) is 0 Å². The number of nitrogens with zero attached hydrogens (tertiary/aromatic N) is 1. The van der Waals surface area contributed by atoms with Gasteiger partial charge in [0.15, 0.2) is 0 Å². The molecule has 4 rings (SSSR count). The summed E-state index contributed by atoms with van der Waals surface area (Å²) in [5.74, 6) is -0.253. The summed E-state index contributed by atoms with van der Waals surface area (Å²) in [7, 11) is 0. The molecule has 3 aliphatic carbocycles. The van der Waals surface area contributed by atoms with E-state index in [0.29, 0.717) is 12.0 Å². The molecule has 1 saturated carbocycles. The molecule has 2 N–H and O–H groups in total. The first-order valence-electron chi connectivity index (χ1n) is 11.2. The van der Waals surface area contributed by atoms with Crippen molar-refractivity contribution in [2.45, 2.75) is 84.8 Å². The maximum atomic E-state index is 13.1. The standard InChI is InChI=1S/C25H34N2O4/c1-22(2)10-17-11-24(5)13-23(3,4)14-25(29,15-24)20(17)19(12-22)26-21(28)16-6-8-18(9-7-16)27(30)31/h6-9,19,29H,10-15H2,1-5H3,(H,26,28)/t19-,24+,25+/m1/s1. The second kappa shape index (κ2) is 6.89. The van der Waals surface area contributed by atoms with Crippen molar-refractivity contribution in [3.8, 4) is 0 Å². The molecule has 0 unspecified atom stereocenters. The quantitative estimate of drug-likeness (QED) is 0.397. The number of fused-ring (bicyclic) bond motifs is 3. The fraction of sp³-hybridized carbons (Fsp3) is 0.640. The smallest absolute Gasteiger partial charge is 0.269 e. The van der Waals surface area contributed by atoms with Gasteiger partial charge in [-0.3, -0.25) is 14.9 Å². The van der Waals surface area contributed by atoms with Crippen molar-refractivity contribution in [2.24, 2.45) is 16.2 Å². The van der Waals surface area contributed by atoms with Gasteiger partial charge in [0.1, 0.15) is 0 Å². The average Bonchev–Trinajstić information content (AvgIpc) is 2.56. The number of non-ortho nitro benzene ring substituents is 1. The van der Waals surface area contributed by atoms with Gasteiger partial charge < -0.3 is 10.4 Å². The SMILES string of the molecule is CC1(C)CC2=C([C@H](NC(=O)c3ccc([N+](=O)[O-])cc3)C1)[C@]1(O)CC(C)(C)C[C@](C)(C2)C1. The van der Waals surface area contributed by atoms with Crippen LogP contribution in [-0.2, 0) is 0 Å². The number of nitro benzene ring substituents is 1. The van der Waals surface area contributed by atoms with Gasteiger partial charge in [0.25, 0.3) is 11.6 Å². The number of amides is 1. The molecule has 1 aromatic carbocycles. The Hall–Kier alpha value is -2.21. The zero-order valence-corrected chi connectivity index (χ0v) is 19.2. The van der Waals surface area contributed by atoms with Crippen LogP contribution < -0.4 is 5.32 Å². The Morgan fingerprint density at radius 2 is 1.68 bits per heavy atom. The Kier molecular flexibility index (Phi) is 4.89. The average molecular weight is 427 g/mol. The summed E-state index contributed by atoms with van der Waals surface area (Å²) in [5.41, 5.74) is 1.96. The molecule has 6 heteroatoms. The van der Waals surface area contributed by atoms with E-state index in [-0.39, 0.29) is 33.9 Å². The summed E-state index contributed by atoms with van der Waals surface area (Å²) in [4.78, 5) is 23.5. The topological polar surface area (TPSA) is 92.5 Å². The van der Waals surface area contributed by atoms with Crippen molar-refractivity contribution >= 4 is 11.6 Å². The zero-order valence-electron chi connectivity index (χ0n) is 19.2. The van der Waals surface area contributed by atoms with Crippen molar-refractivity contribution in [3.63, 3.8) is 0 Å². The minimum absolute atomic E-state index is 0.0279. The molecule has 1 amide bonds. The number of aliphatic hydroxyl groups is 1. The van der Waals surface area contributed by atoms with E-state index in [1.807, 2.05) is 0 Å². The number of benzene rings is 1. The summed E-state index contributed by atoms with van der Waals surface area (Å²) in [6.07, 6.45) is 5.24. The van der Waals surface area contributed by atoms with E-state index in [9.17, 15) is 20.0 Å². The third-order valence-corrected chi connectivity index (χ3v) is 7.36. The van der Waals surface area contributed by atoms with Gasteiger partial charge in [-0.05, 0) is 72.5 Å². The van der Waals surface area contributed by atoms with Gasteiger partial charge >= 0.3 is 0 Å². The van der Waals surface area contributed by atoms with Crippen LogP contribution in [0.25, 0.3) is 0 Å². The third kappa shape index (κ3) is 4.14. The van der Waals surface area contributed by atoms with Crippen LogP contribution in [0.4, 0.5) is 5.69 Å². The van der Waals surface area contributed by atoms with Crippen LogP contribution in [0, 0.1) is 26.4 Å². The normalized spacial score (nSPS) is 33.4. The summed E-state index contributed by atoms with van der Waals surface area (Å²) in [5, 5.41) is 26.0. The summed E-state index contributed by atoms with van der Waals surface area (Å²) in [6, 6.07) is 5.46. The minimum atomic E-state index is -0.895. The number of hydrogen-bond acceptors (Lipinski definition) is 4. The van der Waals surface area contributed by atoms with Crippen LogP contribution >= 0.6 is 0 Å². The fourth-order valence-corrected chi connectivity index (χ4v) is 7.23. The van der Waals surface area contributed by atoms with Gasteiger partial charge in [0, 0.05) is 17.7 Å². The third-order valence-electron chi connectivity index (χ3n) is 7.36. The lowest BCUT2D eigenvalue weighted by Crippen LogP contribution is -2.58. The Balaban J connectivity index is 1.68. The molecule has 6 nitrogen and oxygen atoms in total. The Morgan fingerprint density at radius 1 is 1.03 bits per heavy atom. The van der Waals surface area contributed by atoms with Gasteiger partial charge in [0.2, 0.25) is 0 Å². The largest absolute Gasteiger partial charge is 0.385 e. The van der Waals surface area contributed by atoms with E-state index in [2.05, 4.69) is 39.9 Å². The Morgan fingerprint density at radius 3 is 2.29 bits per heavy atom. The number of allylic oxidation sites excluding steroid dienone is 1. The number of carbonyl (C=O) groups is 1. The summed E-state index contributed by atoms with van der Waals surface area (Å²) < 4.78 is 0. The highest BCUT2D eigenvalue weighted by atomic mass is 16.6. The van der Waals surface area contributed by atoms with Gasteiger partial charge in [0.05, 0.1) is 16.6 Å². The molecule has 31 heavy (non-hydrogen) atoms. The lowest BCUT2D eigenvalue weighted by atomic mass is 9.49. The highest BCUT2D eigenvalue weighted by Crippen LogP contribution is 2.62. The molecule has 2 bridgehead atoms. The molecule has 0 aromatic heterocycles. The van der Waals surface area contributed by atoms with Gasteiger partial charge in [-0.2, -0.15) is 0 Å². The molecular weight excluding hydrogens is 392 g/mol. The molecule has 1 fully saturated rings. The van der Waals surface area contributed by atoms with E-state index in [1.165, 1.54) is 29.8 Å². The van der Waals surface area contributed by atoms with Gasteiger partial charge in [-0.25, -0.2) is 0 Å². The van der Waals surface area contributed by atoms with Crippen LogP contribution in [0.5, 0.6) is 0 Å². The molecule has 0 spiro atoms. The molecule has 3 atom stereocenters. The monoisotopic (exact) mass is 426 g/mol. The lowest BCUT2D eigenvalue weighted by molar-refractivity contribution is -0.384. The van der Waals surface area contributed by atoms with E-state index in [0.717, 1.165) is 37.7 Å². The van der Waals surface area contributed by atoms with Crippen LogP contribution in [0.15, 0.2) is 35.4 Å². The number of hydrogen-bond donors (Lipinski definition) is 2. The van der Waals surface area contributed by atoms with E-state index < -0.39 is 10.5 Å². The lowest BCUT2D eigenvalue weighted by Gasteiger charge is -2.59. The second-order valence-corrected chi connectivity index (χ2v) is 12.1. The van der Waals surface area contributed by atoms with E-state index >= 15 is 0 Å². The van der Waals surface area contributed by atoms with Crippen LogP contribution in [0.3, 0.4) is 0 Å². The first kappa shape index (κ1) is 22.0. The number of rotatable bonds is 3. The van der Waals surface area contributed by atoms with Crippen LogP contribution in [0.1, 0.15) is 83.5 Å². The maximum Gasteiger partial charge on any atom is 0.269 e. The first-order valence-corrected chi connectivity index (χ1v) is 11.2. The Labute approximate surface area is 184 Å². The molecule has 0 radical (unpaired) electrons. The summed E-state index contributed by atoms with van der Waals surface area (Å²) >= 11 is 0. The molecular formula is C25H34N2O4. The predicted octanol–water partition coefficient (Wildman–Crippen LogP) is 5.16. The first-order chi connectivity index (χ1) is 14.2. The maximum absolute atomic E-state index is 13.1. The van der Waals surface area contributed by atoms with Crippen molar-refractivity contribution in [1.82, 2.24) is 5.32 Å². The summed E-state index contributed by atoms with van der Waals surface area (Å²) in [6.45, 7) is 11.2. The van der Waals surface area contributed by atoms with Crippen molar-refractivity contribution < 1.29 is 14.8 Å². The molecule has 0 saturated heterocycles. The molecule has 1 aromatic rings. The number of nitro groups is 1.